The Balaban J connectivity index is 1.78. The van der Waals surface area contributed by atoms with Crippen LogP contribution in [0.5, 0.6) is 0 Å². The molecule has 0 bridgehead atoms. The van der Waals surface area contributed by atoms with Crippen LogP contribution < -0.4 is 11.1 Å². The van der Waals surface area contributed by atoms with Gasteiger partial charge in [0, 0.05) is 17.4 Å². The predicted molar refractivity (Wildman–Crippen MR) is 106 cm³/mol. The number of aliphatic carboxylic acids is 1. The molecule has 0 radical (unpaired) electrons. The first-order chi connectivity index (χ1) is 12.4. The molecule has 0 spiro atoms. The molecule has 1 aromatic rings. The molecule has 4 N–H and O–H groups in total. The quantitative estimate of drug-likeness (QED) is 0.411. The van der Waals surface area contributed by atoms with Crippen LogP contribution in [0.4, 0.5) is 10.5 Å². The summed E-state index contributed by atoms with van der Waals surface area (Å²) >= 11 is 0. The summed E-state index contributed by atoms with van der Waals surface area (Å²) < 4.78 is 5.23. The van der Waals surface area contributed by atoms with Gasteiger partial charge in [0.2, 0.25) is 0 Å². The van der Waals surface area contributed by atoms with E-state index >= 15 is 0 Å². The molecular weight excluding hydrogens is 374 g/mol. The molecule has 7 nitrogen and oxygen atoms in total. The van der Waals surface area contributed by atoms with Crippen molar-refractivity contribution >= 4 is 46.1 Å². The Morgan fingerprint density at radius 1 is 1.54 bits per heavy atom. The van der Waals surface area contributed by atoms with Crippen LogP contribution in [0.25, 0.3) is 0 Å². The van der Waals surface area contributed by atoms with Gasteiger partial charge in [0.1, 0.15) is 12.1 Å². The molecule has 1 aliphatic rings. The van der Waals surface area contributed by atoms with Gasteiger partial charge in [0.05, 0.1) is 5.69 Å². The van der Waals surface area contributed by atoms with Crippen molar-refractivity contribution in [3.63, 3.8) is 0 Å². The van der Waals surface area contributed by atoms with Crippen molar-refractivity contribution in [2.75, 3.05) is 12.8 Å². The number of hydrogen-bond acceptors (Lipinski definition) is 7. The molecule has 1 fully saturated rings. The Morgan fingerprint density at radius 3 is 2.88 bits per heavy atom. The average Bonchev–Trinajstić information content (AvgIpc) is 3.29. The Hall–Kier alpha value is -1.71. The molecule has 1 amide bonds. The maximum atomic E-state index is 11.9. The summed E-state index contributed by atoms with van der Waals surface area (Å²) in [5.74, 6) is -1.02. The van der Waals surface area contributed by atoms with E-state index in [-0.39, 0.29) is 17.8 Å². The Kier molecular flexibility index (Phi) is 7.36. The number of carbonyl (C=O) groups is 2. The van der Waals surface area contributed by atoms with E-state index in [2.05, 4.69) is 17.0 Å². The number of ether oxygens (including phenoxy) is 1. The number of amides is 1. The number of carbonyl (C=O) groups excluding carboxylic acids is 1. The van der Waals surface area contributed by atoms with Crippen LogP contribution >= 0.6 is 21.6 Å². The van der Waals surface area contributed by atoms with Crippen molar-refractivity contribution in [3.05, 3.63) is 29.8 Å². The molecule has 9 heteroatoms. The Bertz CT molecular complexity index is 673. The van der Waals surface area contributed by atoms with Gasteiger partial charge in [-0.15, -0.1) is 0 Å². The van der Waals surface area contributed by atoms with Gasteiger partial charge in [-0.05, 0) is 37.8 Å². The number of alkyl carbamates (subject to hydrolysis) is 1. The van der Waals surface area contributed by atoms with Crippen molar-refractivity contribution in [1.82, 2.24) is 5.32 Å². The van der Waals surface area contributed by atoms with Crippen molar-refractivity contribution in [2.24, 2.45) is 16.6 Å². The third kappa shape index (κ3) is 5.39. The van der Waals surface area contributed by atoms with Crippen LogP contribution in [0, 0.1) is 5.92 Å². The molecule has 26 heavy (non-hydrogen) atoms. The number of carboxylic acids is 1. The lowest BCUT2D eigenvalue weighted by atomic mass is 10.1. The average molecular weight is 398 g/mol. The lowest BCUT2D eigenvalue weighted by molar-refractivity contribution is -0.140. The summed E-state index contributed by atoms with van der Waals surface area (Å²) in [5, 5.41) is 11.9. The van der Waals surface area contributed by atoms with E-state index in [1.54, 1.807) is 27.7 Å². The second-order valence-electron chi connectivity index (χ2n) is 6.11. The summed E-state index contributed by atoms with van der Waals surface area (Å²) in [7, 11) is 3.17. The summed E-state index contributed by atoms with van der Waals surface area (Å²) in [6.45, 7) is 3.99. The molecular formula is C17H23N3O4S2. The molecule has 0 aliphatic heterocycles. The minimum Gasteiger partial charge on any atom is -0.480 e. The normalized spacial score (nSPS) is 22.3. The number of para-hydroxylation sites is 1. The van der Waals surface area contributed by atoms with Gasteiger partial charge in [0.15, 0.2) is 0 Å². The molecule has 1 unspecified atom stereocenters. The van der Waals surface area contributed by atoms with Gasteiger partial charge in [-0.2, -0.15) is 0 Å². The molecule has 1 aromatic carbocycles. The predicted octanol–water partition coefficient (Wildman–Crippen LogP) is 2.82. The highest BCUT2D eigenvalue weighted by atomic mass is 33.1. The number of rotatable bonds is 10. The summed E-state index contributed by atoms with van der Waals surface area (Å²) in [6, 6.07) is 7.30. The Morgan fingerprint density at radius 2 is 2.27 bits per heavy atom. The summed E-state index contributed by atoms with van der Waals surface area (Å²) in [4.78, 5) is 27.0. The minimum absolute atomic E-state index is 0.0620. The van der Waals surface area contributed by atoms with Gasteiger partial charge in [0.25, 0.3) is 0 Å². The fourth-order valence-electron chi connectivity index (χ4n) is 2.69. The molecule has 0 heterocycles. The second-order valence-corrected chi connectivity index (χ2v) is 8.88. The third-order valence-corrected chi connectivity index (χ3v) is 6.54. The SMILES string of the molecule is C=Nc1ccccc1COC(=O)NC[C@H](C[C@@H]1CC1(N)C(=O)O)SSC. The van der Waals surface area contributed by atoms with Gasteiger partial charge in [-0.3, -0.25) is 9.79 Å². The minimum atomic E-state index is -1.11. The highest BCUT2D eigenvalue weighted by molar-refractivity contribution is 8.76. The number of nitrogens with zero attached hydrogens (tertiary/aromatic N) is 1. The zero-order valence-electron chi connectivity index (χ0n) is 14.5. The van der Waals surface area contributed by atoms with Gasteiger partial charge in [-0.1, -0.05) is 39.8 Å². The lowest BCUT2D eigenvalue weighted by Gasteiger charge is -2.17. The highest BCUT2D eigenvalue weighted by Gasteiger charge is 2.57. The monoisotopic (exact) mass is 397 g/mol. The molecule has 0 saturated heterocycles. The topological polar surface area (TPSA) is 114 Å². The van der Waals surface area contributed by atoms with Crippen LogP contribution in [-0.2, 0) is 16.1 Å². The molecule has 2 rings (SSSR count). The second kappa shape index (κ2) is 9.29. The van der Waals surface area contributed by atoms with E-state index in [9.17, 15) is 9.59 Å². The maximum Gasteiger partial charge on any atom is 0.407 e. The van der Waals surface area contributed by atoms with Gasteiger partial charge < -0.3 is 20.9 Å². The molecule has 1 aliphatic carbocycles. The first-order valence-electron chi connectivity index (χ1n) is 8.07. The molecule has 142 valence electrons. The smallest absolute Gasteiger partial charge is 0.407 e. The van der Waals surface area contributed by atoms with Crippen molar-refractivity contribution < 1.29 is 19.4 Å². The fourth-order valence-corrected chi connectivity index (χ4v) is 4.68. The van der Waals surface area contributed by atoms with Crippen LogP contribution in [0.1, 0.15) is 18.4 Å². The van der Waals surface area contributed by atoms with Crippen LogP contribution in [-0.4, -0.2) is 47.5 Å². The van der Waals surface area contributed by atoms with Crippen LogP contribution in [0.15, 0.2) is 29.3 Å². The van der Waals surface area contributed by atoms with Crippen LogP contribution in [0.2, 0.25) is 0 Å². The van der Waals surface area contributed by atoms with Crippen molar-refractivity contribution in [1.29, 1.82) is 0 Å². The molecule has 1 saturated carbocycles. The van der Waals surface area contributed by atoms with E-state index < -0.39 is 17.6 Å². The van der Waals surface area contributed by atoms with Gasteiger partial charge >= 0.3 is 12.1 Å². The van der Waals surface area contributed by atoms with Crippen LogP contribution in [0.3, 0.4) is 0 Å². The van der Waals surface area contributed by atoms with E-state index in [0.29, 0.717) is 25.1 Å². The number of nitrogens with two attached hydrogens (primary N) is 1. The van der Waals surface area contributed by atoms with E-state index in [1.165, 1.54) is 0 Å². The number of aliphatic imine (C=N–C) groups is 1. The number of carboxylic acid groups (broad SMARTS) is 1. The zero-order valence-corrected chi connectivity index (χ0v) is 16.1. The standard InChI is InChI=1S/C17H23N3O4S2/c1-19-14-6-4-3-5-11(14)10-24-16(23)20-9-13(26-25-2)7-12-8-17(12,18)15(21)22/h3-6,12-13H,1,7-10,18H2,2H3,(H,20,23)(H,21,22)/t12-,13+,17?/m1/s1. The van der Waals surface area contributed by atoms with E-state index in [1.807, 2.05) is 24.5 Å². The number of hydrogen-bond donors (Lipinski definition) is 3. The fraction of sp³-hybridized carbons (Fsp3) is 0.471. The first-order valence-corrected chi connectivity index (χ1v) is 10.7. The zero-order chi connectivity index (χ0) is 19.2. The number of benzene rings is 1. The molecule has 0 aromatic heterocycles. The summed E-state index contributed by atoms with van der Waals surface area (Å²) in [6.07, 6.45) is 2.53. The van der Waals surface area contributed by atoms with Gasteiger partial charge in [-0.25, -0.2) is 4.79 Å². The van der Waals surface area contributed by atoms with E-state index in [4.69, 9.17) is 15.6 Å². The molecule has 3 atom stereocenters. The van der Waals surface area contributed by atoms with Crippen molar-refractivity contribution in [2.45, 2.75) is 30.2 Å². The third-order valence-electron chi connectivity index (χ3n) is 4.33. The first kappa shape index (κ1) is 20.6. The highest BCUT2D eigenvalue weighted by Crippen LogP contribution is 2.46. The summed E-state index contributed by atoms with van der Waals surface area (Å²) in [5.41, 5.74) is 6.18. The lowest BCUT2D eigenvalue weighted by Crippen LogP contribution is -2.37. The van der Waals surface area contributed by atoms with E-state index in [0.717, 1.165) is 5.56 Å². The maximum absolute atomic E-state index is 11.9. The largest absolute Gasteiger partial charge is 0.480 e. The van der Waals surface area contributed by atoms with Crippen molar-refractivity contribution in [3.8, 4) is 0 Å². The number of nitrogens with one attached hydrogen (secondary N) is 1. The Labute approximate surface area is 160 Å².